The molecule has 0 amide bonds. The van der Waals surface area contributed by atoms with Crippen molar-refractivity contribution in [2.75, 3.05) is 0 Å². The van der Waals surface area contributed by atoms with Crippen molar-refractivity contribution in [1.29, 1.82) is 0 Å². The standard InChI is InChI=1S/C26H32Si/c1-19-10-15-24(22-11-13-23(14-12-22)27(2,3)4)26-18-21(17-25(19)26)16-20-8-6-5-7-9-20/h10-18,20H,5-9H2,1-4H3. The summed E-state index contributed by atoms with van der Waals surface area (Å²) >= 11 is 0. The Morgan fingerprint density at radius 3 is 2.15 bits per heavy atom. The minimum atomic E-state index is -1.25. The lowest BCUT2D eigenvalue weighted by Gasteiger charge is -2.18. The van der Waals surface area contributed by atoms with Crippen molar-refractivity contribution in [3.8, 4) is 11.1 Å². The van der Waals surface area contributed by atoms with Gasteiger partial charge in [-0.3, -0.25) is 0 Å². The van der Waals surface area contributed by atoms with Crippen LogP contribution in [0.15, 0.2) is 48.0 Å². The minimum absolute atomic E-state index is 0.773. The fourth-order valence-electron chi connectivity index (χ4n) is 4.54. The van der Waals surface area contributed by atoms with Gasteiger partial charge < -0.3 is 0 Å². The van der Waals surface area contributed by atoms with E-state index in [4.69, 9.17) is 0 Å². The lowest BCUT2D eigenvalue weighted by Crippen LogP contribution is -2.37. The highest BCUT2D eigenvalue weighted by Gasteiger charge is 2.17. The average Bonchev–Trinajstić information content (AvgIpc) is 3.07. The van der Waals surface area contributed by atoms with Gasteiger partial charge >= 0.3 is 0 Å². The van der Waals surface area contributed by atoms with Crippen molar-refractivity contribution in [2.24, 2.45) is 5.92 Å². The lowest BCUT2D eigenvalue weighted by molar-refractivity contribution is 0.419. The van der Waals surface area contributed by atoms with Crippen LogP contribution in [-0.4, -0.2) is 8.07 Å². The smallest absolute Gasteiger partial charge is 0.0741 e. The summed E-state index contributed by atoms with van der Waals surface area (Å²) < 4.78 is 0. The number of hydrogen-bond acceptors (Lipinski definition) is 0. The SMILES string of the molecule is Cc1ccc(-c2ccc([Si](C)(C)C)cc2)c2c1=CC(=CC1CCCCC1)C=2. The maximum absolute atomic E-state index is 2.54. The Morgan fingerprint density at radius 1 is 0.815 bits per heavy atom. The zero-order valence-electron chi connectivity index (χ0n) is 17.3. The molecule has 0 atom stereocenters. The molecule has 140 valence electrons. The van der Waals surface area contributed by atoms with Crippen LogP contribution >= 0.6 is 0 Å². The maximum Gasteiger partial charge on any atom is 0.0775 e. The first-order valence-corrected chi connectivity index (χ1v) is 14.1. The third kappa shape index (κ3) is 3.89. The molecule has 1 heteroatoms. The highest BCUT2D eigenvalue weighted by Crippen LogP contribution is 2.27. The van der Waals surface area contributed by atoms with Gasteiger partial charge in [0, 0.05) is 0 Å². The van der Waals surface area contributed by atoms with Crippen LogP contribution in [0, 0.1) is 12.8 Å². The zero-order valence-corrected chi connectivity index (χ0v) is 18.3. The van der Waals surface area contributed by atoms with Gasteiger partial charge in [0.1, 0.15) is 0 Å². The summed E-state index contributed by atoms with van der Waals surface area (Å²) in [6.07, 6.45) is 14.3. The molecule has 2 aromatic rings. The van der Waals surface area contributed by atoms with E-state index in [1.807, 2.05) is 0 Å². The van der Waals surface area contributed by atoms with E-state index in [-0.39, 0.29) is 0 Å². The fraction of sp³-hybridized carbons (Fsp3) is 0.385. The number of rotatable bonds is 3. The molecule has 0 bridgehead atoms. The second-order valence-corrected chi connectivity index (χ2v) is 14.5. The Labute approximate surface area is 165 Å². The molecule has 2 aliphatic rings. The van der Waals surface area contributed by atoms with Crippen LogP contribution in [0.1, 0.15) is 37.7 Å². The van der Waals surface area contributed by atoms with Crippen LogP contribution in [0.4, 0.5) is 0 Å². The predicted molar refractivity (Wildman–Crippen MR) is 122 cm³/mol. The number of allylic oxidation sites excluding steroid dienone is 2. The first-order valence-electron chi connectivity index (χ1n) is 10.6. The van der Waals surface area contributed by atoms with Crippen molar-refractivity contribution in [3.63, 3.8) is 0 Å². The first-order chi connectivity index (χ1) is 12.9. The summed E-state index contributed by atoms with van der Waals surface area (Å²) in [6.45, 7) is 9.48. The van der Waals surface area contributed by atoms with Crippen molar-refractivity contribution >= 4 is 25.4 Å². The number of aryl methyl sites for hydroxylation is 1. The van der Waals surface area contributed by atoms with E-state index >= 15 is 0 Å². The lowest BCUT2D eigenvalue weighted by atomic mass is 9.88. The zero-order chi connectivity index (χ0) is 19.0. The maximum atomic E-state index is 2.54. The summed E-state index contributed by atoms with van der Waals surface area (Å²) in [5, 5.41) is 4.37. The molecule has 0 nitrogen and oxygen atoms in total. The van der Waals surface area contributed by atoms with Crippen LogP contribution in [-0.2, 0) is 0 Å². The molecule has 2 aromatic carbocycles. The Kier molecular flexibility index (Phi) is 4.99. The van der Waals surface area contributed by atoms with Crippen LogP contribution < -0.4 is 15.6 Å². The van der Waals surface area contributed by atoms with E-state index < -0.39 is 8.07 Å². The fourth-order valence-corrected chi connectivity index (χ4v) is 5.70. The molecule has 0 unspecified atom stereocenters. The largest absolute Gasteiger partial charge is 0.0775 e. The summed E-state index contributed by atoms with van der Waals surface area (Å²) in [6, 6.07) is 14.0. The molecule has 0 spiro atoms. The molecular formula is C26H32Si. The normalized spacial score (nSPS) is 18.9. The first kappa shape index (κ1) is 18.5. The monoisotopic (exact) mass is 372 g/mol. The molecule has 27 heavy (non-hydrogen) atoms. The molecule has 0 heterocycles. The van der Waals surface area contributed by atoms with Gasteiger partial charge in [0.2, 0.25) is 0 Å². The second-order valence-electron chi connectivity index (χ2n) is 9.44. The number of benzene rings is 2. The van der Waals surface area contributed by atoms with Gasteiger partial charge in [0.25, 0.3) is 0 Å². The van der Waals surface area contributed by atoms with E-state index in [1.165, 1.54) is 70.0 Å². The van der Waals surface area contributed by atoms with Crippen molar-refractivity contribution in [3.05, 3.63) is 64.0 Å². The molecule has 0 radical (unpaired) electrons. The van der Waals surface area contributed by atoms with Gasteiger partial charge in [-0.2, -0.15) is 0 Å². The van der Waals surface area contributed by atoms with Gasteiger partial charge in [0.15, 0.2) is 0 Å². The van der Waals surface area contributed by atoms with Gasteiger partial charge in [-0.25, -0.2) is 0 Å². The van der Waals surface area contributed by atoms with Crippen molar-refractivity contribution in [2.45, 2.75) is 58.7 Å². The van der Waals surface area contributed by atoms with E-state index in [0.29, 0.717) is 0 Å². The molecule has 0 aliphatic heterocycles. The van der Waals surface area contributed by atoms with Gasteiger partial charge in [0.05, 0.1) is 8.07 Å². The summed E-state index contributed by atoms with van der Waals surface area (Å²) in [5.74, 6) is 0.773. The van der Waals surface area contributed by atoms with E-state index in [9.17, 15) is 0 Å². The topological polar surface area (TPSA) is 0 Å². The Morgan fingerprint density at radius 2 is 1.48 bits per heavy atom. The second kappa shape index (κ2) is 7.28. The molecule has 4 rings (SSSR count). The molecule has 0 aromatic heterocycles. The Balaban J connectivity index is 1.74. The molecular weight excluding hydrogens is 340 g/mol. The van der Waals surface area contributed by atoms with Crippen molar-refractivity contribution < 1.29 is 0 Å². The molecule has 0 saturated heterocycles. The van der Waals surface area contributed by atoms with Gasteiger partial charge in [-0.05, 0) is 70.5 Å². The quantitative estimate of drug-likeness (QED) is 0.642. The Bertz CT molecular complexity index is 978. The summed E-state index contributed by atoms with van der Waals surface area (Å²) in [5.41, 5.74) is 5.53. The predicted octanol–water partition coefficient (Wildman–Crippen LogP) is 5.29. The van der Waals surface area contributed by atoms with E-state index in [0.717, 1.165) is 5.92 Å². The highest BCUT2D eigenvalue weighted by atomic mass is 28.3. The molecule has 1 fully saturated rings. The molecule has 1 saturated carbocycles. The average molecular weight is 373 g/mol. The molecule has 2 aliphatic carbocycles. The van der Waals surface area contributed by atoms with Gasteiger partial charge in [-0.15, -0.1) is 0 Å². The van der Waals surface area contributed by atoms with Crippen LogP contribution in [0.25, 0.3) is 23.3 Å². The van der Waals surface area contributed by atoms with Crippen LogP contribution in [0.5, 0.6) is 0 Å². The Hall–Kier alpha value is -1.86. The number of fused-ring (bicyclic) bond motifs is 1. The van der Waals surface area contributed by atoms with E-state index in [1.54, 1.807) is 0 Å². The highest BCUT2D eigenvalue weighted by molar-refractivity contribution is 6.88. The third-order valence-electron chi connectivity index (χ3n) is 6.27. The summed E-state index contributed by atoms with van der Waals surface area (Å²) in [4.78, 5) is 0. The third-order valence-corrected chi connectivity index (χ3v) is 8.33. The summed E-state index contributed by atoms with van der Waals surface area (Å²) in [7, 11) is -1.25. The van der Waals surface area contributed by atoms with Crippen molar-refractivity contribution in [1.82, 2.24) is 0 Å². The van der Waals surface area contributed by atoms with Gasteiger partial charge in [-0.1, -0.05) is 86.6 Å². The minimum Gasteiger partial charge on any atom is -0.0741 e. The molecule has 0 N–H and O–H groups in total. The van der Waals surface area contributed by atoms with Crippen LogP contribution in [0.3, 0.4) is 0 Å². The van der Waals surface area contributed by atoms with Crippen LogP contribution in [0.2, 0.25) is 19.6 Å². The number of hydrogen-bond donors (Lipinski definition) is 0. The van der Waals surface area contributed by atoms with E-state index in [2.05, 4.69) is 81.2 Å².